The van der Waals surface area contributed by atoms with Crippen LogP contribution in [0.4, 0.5) is 5.69 Å². The molecule has 1 aromatic rings. The van der Waals surface area contributed by atoms with Crippen LogP contribution < -0.4 is 0 Å². The summed E-state index contributed by atoms with van der Waals surface area (Å²) in [5, 5.41) is 18.3. The highest BCUT2D eigenvalue weighted by molar-refractivity contribution is 7.80. The third kappa shape index (κ3) is 6.03. The van der Waals surface area contributed by atoms with Gasteiger partial charge in [-0.1, -0.05) is 25.2 Å². The number of aliphatic hydroxyl groups excluding tert-OH is 1. The van der Waals surface area contributed by atoms with Gasteiger partial charge in [0, 0.05) is 27.1 Å². The summed E-state index contributed by atoms with van der Waals surface area (Å²) in [5.74, 6) is 0.178. The molecular formula is C16H21N3OS. The van der Waals surface area contributed by atoms with Gasteiger partial charge >= 0.3 is 0 Å². The SMILES string of the molecule is C[C@H](CO)CC(=S)Cc1ccc(N=CN(C)C)c(C#N)c1. The summed E-state index contributed by atoms with van der Waals surface area (Å²) in [5.41, 5.74) is 2.21. The second-order valence-electron chi connectivity index (χ2n) is 5.38. The summed E-state index contributed by atoms with van der Waals surface area (Å²) >= 11 is 5.35. The average Bonchev–Trinajstić information content (AvgIpc) is 2.45. The lowest BCUT2D eigenvalue weighted by atomic mass is 10.00. The van der Waals surface area contributed by atoms with E-state index in [2.05, 4.69) is 11.1 Å². The normalized spacial score (nSPS) is 12.1. The fraction of sp³-hybridized carbons (Fsp3) is 0.438. The summed E-state index contributed by atoms with van der Waals surface area (Å²) in [6.07, 6.45) is 3.03. The van der Waals surface area contributed by atoms with Gasteiger partial charge < -0.3 is 10.0 Å². The number of aliphatic hydroxyl groups is 1. The molecule has 112 valence electrons. The van der Waals surface area contributed by atoms with E-state index in [0.717, 1.165) is 10.4 Å². The van der Waals surface area contributed by atoms with Crippen molar-refractivity contribution in [3.05, 3.63) is 29.3 Å². The number of rotatable bonds is 7. The highest BCUT2D eigenvalue weighted by Crippen LogP contribution is 2.21. The van der Waals surface area contributed by atoms with Crippen molar-refractivity contribution in [3.8, 4) is 6.07 Å². The van der Waals surface area contributed by atoms with E-state index in [1.54, 1.807) is 6.34 Å². The van der Waals surface area contributed by atoms with Crippen LogP contribution in [-0.4, -0.2) is 41.9 Å². The number of aliphatic imine (C=N–C) groups is 1. The first kappa shape index (κ1) is 17.3. The van der Waals surface area contributed by atoms with E-state index in [0.29, 0.717) is 24.1 Å². The van der Waals surface area contributed by atoms with E-state index < -0.39 is 0 Å². The van der Waals surface area contributed by atoms with Gasteiger partial charge in [0.1, 0.15) is 6.07 Å². The molecule has 0 aliphatic heterocycles. The molecule has 0 fully saturated rings. The molecule has 0 aliphatic rings. The Morgan fingerprint density at radius 2 is 2.24 bits per heavy atom. The zero-order chi connectivity index (χ0) is 15.8. The molecule has 1 atom stereocenters. The maximum atomic E-state index is 9.22. The van der Waals surface area contributed by atoms with Crippen LogP contribution in [0.1, 0.15) is 24.5 Å². The first-order valence-electron chi connectivity index (χ1n) is 6.82. The van der Waals surface area contributed by atoms with Gasteiger partial charge in [0.15, 0.2) is 0 Å². The Hall–Kier alpha value is -1.77. The van der Waals surface area contributed by atoms with Crippen LogP contribution in [0.2, 0.25) is 0 Å². The van der Waals surface area contributed by atoms with Gasteiger partial charge in [-0.3, -0.25) is 0 Å². The maximum Gasteiger partial charge on any atom is 0.101 e. The van der Waals surface area contributed by atoms with Gasteiger partial charge in [0.2, 0.25) is 0 Å². The zero-order valence-corrected chi connectivity index (χ0v) is 13.5. The predicted octanol–water partition coefficient (Wildman–Crippen LogP) is 2.71. The Balaban J connectivity index is 2.83. The van der Waals surface area contributed by atoms with E-state index in [4.69, 9.17) is 17.3 Å². The minimum Gasteiger partial charge on any atom is -0.396 e. The van der Waals surface area contributed by atoms with Crippen molar-refractivity contribution in [2.75, 3.05) is 20.7 Å². The number of nitrogens with zero attached hydrogens (tertiary/aromatic N) is 3. The quantitative estimate of drug-likeness (QED) is 0.478. The molecule has 0 aromatic heterocycles. The van der Waals surface area contributed by atoms with Crippen LogP contribution in [0.25, 0.3) is 0 Å². The summed E-state index contributed by atoms with van der Waals surface area (Å²) in [6, 6.07) is 7.78. The van der Waals surface area contributed by atoms with Gasteiger partial charge in [-0.2, -0.15) is 5.26 Å². The Labute approximate surface area is 131 Å². The van der Waals surface area contributed by atoms with Crippen molar-refractivity contribution in [1.82, 2.24) is 4.90 Å². The minimum atomic E-state index is 0.141. The molecule has 1 rings (SSSR count). The van der Waals surface area contributed by atoms with Gasteiger partial charge in [-0.15, -0.1) is 0 Å². The van der Waals surface area contributed by atoms with Crippen LogP contribution in [-0.2, 0) is 6.42 Å². The van der Waals surface area contributed by atoms with Crippen LogP contribution in [0, 0.1) is 17.2 Å². The predicted molar refractivity (Wildman–Crippen MR) is 90.2 cm³/mol. The van der Waals surface area contributed by atoms with Crippen molar-refractivity contribution in [2.24, 2.45) is 10.9 Å². The van der Waals surface area contributed by atoms with Crippen LogP contribution >= 0.6 is 12.2 Å². The van der Waals surface area contributed by atoms with Crippen LogP contribution in [0.5, 0.6) is 0 Å². The van der Waals surface area contributed by atoms with E-state index in [9.17, 15) is 5.26 Å². The Kier molecular flexibility index (Phi) is 7.00. The largest absolute Gasteiger partial charge is 0.396 e. The first-order chi connectivity index (χ1) is 9.96. The standard InChI is InChI=1S/C16H21N3OS/c1-12(10-20)6-15(21)8-13-4-5-16(14(7-13)9-17)18-11-19(2)3/h4-5,7,11-12,20H,6,8,10H2,1-3H3/t12-/m0/s1. The summed E-state index contributed by atoms with van der Waals surface area (Å²) in [7, 11) is 3.76. The second kappa shape index (κ2) is 8.50. The molecular weight excluding hydrogens is 282 g/mol. The molecule has 0 unspecified atom stereocenters. The van der Waals surface area contributed by atoms with Crippen LogP contribution in [0.15, 0.2) is 23.2 Å². The molecule has 1 aromatic carbocycles. The van der Waals surface area contributed by atoms with Gasteiger partial charge in [-0.05, 0) is 34.9 Å². The van der Waals surface area contributed by atoms with Crippen molar-refractivity contribution < 1.29 is 5.11 Å². The number of hydrogen-bond acceptors (Lipinski definition) is 4. The van der Waals surface area contributed by atoms with E-state index in [1.807, 2.05) is 44.1 Å². The fourth-order valence-electron chi connectivity index (χ4n) is 1.83. The second-order valence-corrected chi connectivity index (χ2v) is 5.96. The van der Waals surface area contributed by atoms with E-state index in [1.165, 1.54) is 0 Å². The summed E-state index contributed by atoms with van der Waals surface area (Å²) in [4.78, 5) is 6.98. The molecule has 0 bridgehead atoms. The maximum absolute atomic E-state index is 9.22. The van der Waals surface area contributed by atoms with E-state index >= 15 is 0 Å². The molecule has 21 heavy (non-hydrogen) atoms. The monoisotopic (exact) mass is 303 g/mol. The Morgan fingerprint density at radius 3 is 2.81 bits per heavy atom. The van der Waals surface area contributed by atoms with Gasteiger partial charge in [-0.25, -0.2) is 4.99 Å². The zero-order valence-electron chi connectivity index (χ0n) is 12.7. The lowest BCUT2D eigenvalue weighted by Crippen LogP contribution is -2.09. The molecule has 0 saturated heterocycles. The van der Waals surface area contributed by atoms with Crippen molar-refractivity contribution in [1.29, 1.82) is 5.26 Å². The first-order valence-corrected chi connectivity index (χ1v) is 7.23. The third-order valence-electron chi connectivity index (χ3n) is 2.90. The van der Waals surface area contributed by atoms with E-state index in [-0.39, 0.29) is 12.5 Å². The smallest absolute Gasteiger partial charge is 0.101 e. The van der Waals surface area contributed by atoms with Crippen LogP contribution in [0.3, 0.4) is 0 Å². The minimum absolute atomic E-state index is 0.141. The van der Waals surface area contributed by atoms with Crippen molar-refractivity contribution in [2.45, 2.75) is 19.8 Å². The lowest BCUT2D eigenvalue weighted by molar-refractivity contribution is 0.241. The molecule has 0 heterocycles. The Morgan fingerprint density at radius 1 is 1.52 bits per heavy atom. The number of thiocarbonyl (C=S) groups is 1. The molecule has 0 saturated carbocycles. The van der Waals surface area contributed by atoms with Gasteiger partial charge in [0.25, 0.3) is 0 Å². The molecule has 5 heteroatoms. The number of hydrogen-bond donors (Lipinski definition) is 1. The summed E-state index contributed by atoms with van der Waals surface area (Å²) in [6.45, 7) is 2.11. The summed E-state index contributed by atoms with van der Waals surface area (Å²) < 4.78 is 0. The van der Waals surface area contributed by atoms with Crippen molar-refractivity contribution >= 4 is 29.1 Å². The molecule has 0 spiro atoms. The topological polar surface area (TPSA) is 59.6 Å². The lowest BCUT2D eigenvalue weighted by Gasteiger charge is -2.10. The molecule has 4 nitrogen and oxygen atoms in total. The highest BCUT2D eigenvalue weighted by atomic mass is 32.1. The van der Waals surface area contributed by atoms with Crippen molar-refractivity contribution in [3.63, 3.8) is 0 Å². The third-order valence-corrected chi connectivity index (χ3v) is 3.21. The molecule has 1 N–H and O–H groups in total. The number of nitriles is 1. The highest BCUT2D eigenvalue weighted by Gasteiger charge is 2.08. The Bertz CT molecular complexity index is 561. The molecule has 0 amide bonds. The molecule has 0 radical (unpaired) electrons. The molecule has 0 aliphatic carbocycles. The van der Waals surface area contributed by atoms with Gasteiger partial charge in [0.05, 0.1) is 17.6 Å². The average molecular weight is 303 g/mol. The number of benzene rings is 1. The fourth-order valence-corrected chi connectivity index (χ4v) is 2.28.